The third-order valence-corrected chi connectivity index (χ3v) is 5.56. The second kappa shape index (κ2) is 13.1. The predicted octanol–water partition coefficient (Wildman–Crippen LogP) is -0.550. The van der Waals surface area contributed by atoms with Crippen molar-refractivity contribution >= 4 is 36.3 Å². The van der Waals surface area contributed by atoms with Crippen LogP contribution in [-0.4, -0.2) is 68.7 Å². The van der Waals surface area contributed by atoms with Gasteiger partial charge in [-0.3, -0.25) is 14.4 Å². The molecule has 32 heavy (non-hydrogen) atoms. The molecule has 12 heteroatoms. The number of H-pyrrole nitrogens is 1. The van der Waals surface area contributed by atoms with Crippen LogP contribution in [0.1, 0.15) is 39.8 Å². The molecule has 1 rings (SSSR count). The lowest BCUT2D eigenvalue weighted by molar-refractivity contribution is -0.143. The molecule has 5 unspecified atom stereocenters. The van der Waals surface area contributed by atoms with Gasteiger partial charge in [0, 0.05) is 24.1 Å². The summed E-state index contributed by atoms with van der Waals surface area (Å²) in [5, 5.41) is 17.2. The first-order chi connectivity index (χ1) is 15.0. The summed E-state index contributed by atoms with van der Waals surface area (Å²) in [5.41, 5.74) is 6.25. The average Bonchev–Trinajstić information content (AvgIpc) is 3.26. The molecule has 3 amide bonds. The first-order valence-corrected chi connectivity index (χ1v) is 11.1. The first kappa shape index (κ1) is 27.4. The number of carbonyl (C=O) groups excluding carboxylic acids is 3. The molecular weight excluding hydrogens is 436 g/mol. The van der Waals surface area contributed by atoms with Gasteiger partial charge in [-0.25, -0.2) is 9.78 Å². The minimum Gasteiger partial charge on any atom is -0.480 e. The van der Waals surface area contributed by atoms with Crippen molar-refractivity contribution in [1.29, 1.82) is 0 Å². The summed E-state index contributed by atoms with van der Waals surface area (Å²) in [4.78, 5) is 56.5. The Morgan fingerprint density at radius 3 is 2.19 bits per heavy atom. The van der Waals surface area contributed by atoms with E-state index in [1.165, 1.54) is 12.5 Å². The fourth-order valence-corrected chi connectivity index (χ4v) is 3.07. The Morgan fingerprint density at radius 1 is 1.09 bits per heavy atom. The molecule has 0 aliphatic rings. The number of aromatic amines is 1. The molecule has 0 aliphatic heterocycles. The zero-order chi connectivity index (χ0) is 24.4. The molecule has 0 saturated carbocycles. The van der Waals surface area contributed by atoms with Crippen molar-refractivity contribution in [3.05, 3.63) is 18.2 Å². The molecule has 0 bridgehead atoms. The summed E-state index contributed by atoms with van der Waals surface area (Å²) in [5.74, 6) is -3.44. The van der Waals surface area contributed by atoms with Crippen LogP contribution in [0, 0.1) is 11.8 Å². The number of aliphatic carboxylic acids is 1. The molecular formula is C20H34N6O5S. The van der Waals surface area contributed by atoms with Crippen molar-refractivity contribution in [1.82, 2.24) is 25.9 Å². The SMILES string of the molecule is CCC(C)C(NC(=O)C(Cc1cnc[nH]1)NC(=O)C(NC(=O)C(N)CS)C(C)C)C(=O)O. The van der Waals surface area contributed by atoms with E-state index in [4.69, 9.17) is 5.73 Å². The third-order valence-electron chi connectivity index (χ3n) is 5.17. The van der Waals surface area contributed by atoms with Crippen LogP contribution in [0.3, 0.4) is 0 Å². The summed E-state index contributed by atoms with van der Waals surface area (Å²) in [6, 6.07) is -4.04. The molecule has 0 radical (unpaired) electrons. The summed E-state index contributed by atoms with van der Waals surface area (Å²) >= 11 is 3.99. The normalized spacial score (nSPS) is 15.8. The van der Waals surface area contributed by atoms with Crippen LogP contribution in [-0.2, 0) is 25.6 Å². The van der Waals surface area contributed by atoms with Gasteiger partial charge in [0.2, 0.25) is 17.7 Å². The molecule has 0 saturated heterocycles. The largest absolute Gasteiger partial charge is 0.480 e. The van der Waals surface area contributed by atoms with Gasteiger partial charge in [-0.1, -0.05) is 34.1 Å². The molecule has 11 nitrogen and oxygen atoms in total. The smallest absolute Gasteiger partial charge is 0.326 e. The maximum Gasteiger partial charge on any atom is 0.326 e. The number of aromatic nitrogens is 2. The van der Waals surface area contributed by atoms with Gasteiger partial charge in [0.15, 0.2) is 0 Å². The van der Waals surface area contributed by atoms with Crippen LogP contribution in [0.5, 0.6) is 0 Å². The molecule has 0 aromatic carbocycles. The van der Waals surface area contributed by atoms with E-state index < -0.39 is 47.9 Å². The zero-order valence-corrected chi connectivity index (χ0v) is 19.7. The van der Waals surface area contributed by atoms with Crippen molar-refractivity contribution < 1.29 is 24.3 Å². The maximum absolute atomic E-state index is 13.0. The van der Waals surface area contributed by atoms with Gasteiger partial charge in [-0.2, -0.15) is 12.6 Å². The number of hydrogen-bond donors (Lipinski definition) is 7. The Kier molecular flexibility index (Phi) is 11.2. The zero-order valence-electron chi connectivity index (χ0n) is 18.8. The van der Waals surface area contributed by atoms with E-state index in [0.29, 0.717) is 12.1 Å². The summed E-state index contributed by atoms with van der Waals surface area (Å²) in [6.07, 6.45) is 3.53. The quantitative estimate of drug-likeness (QED) is 0.189. The first-order valence-electron chi connectivity index (χ1n) is 10.5. The molecule has 5 atom stereocenters. The maximum atomic E-state index is 13.0. The van der Waals surface area contributed by atoms with E-state index >= 15 is 0 Å². The number of hydrogen-bond acceptors (Lipinski definition) is 7. The highest BCUT2D eigenvalue weighted by Crippen LogP contribution is 2.10. The van der Waals surface area contributed by atoms with E-state index in [1.54, 1.807) is 20.8 Å². The van der Waals surface area contributed by atoms with Crippen LogP contribution in [0.25, 0.3) is 0 Å². The fraction of sp³-hybridized carbons (Fsp3) is 0.650. The molecule has 1 aromatic heterocycles. The second-order valence-corrected chi connectivity index (χ2v) is 8.44. The van der Waals surface area contributed by atoms with Crippen LogP contribution < -0.4 is 21.7 Å². The highest BCUT2D eigenvalue weighted by atomic mass is 32.1. The molecule has 0 aliphatic carbocycles. The Morgan fingerprint density at radius 2 is 1.72 bits per heavy atom. The monoisotopic (exact) mass is 470 g/mol. The topological polar surface area (TPSA) is 179 Å². The van der Waals surface area contributed by atoms with Gasteiger partial charge >= 0.3 is 5.97 Å². The van der Waals surface area contributed by atoms with Crippen LogP contribution in [0.2, 0.25) is 0 Å². The number of imidazole rings is 1. The fourth-order valence-electron chi connectivity index (χ4n) is 2.90. The van der Waals surface area contributed by atoms with Crippen molar-refractivity contribution in [3.63, 3.8) is 0 Å². The summed E-state index contributed by atoms with van der Waals surface area (Å²) < 4.78 is 0. The molecule has 0 fully saturated rings. The number of carboxylic acids is 1. The number of carbonyl (C=O) groups is 4. The summed E-state index contributed by atoms with van der Waals surface area (Å²) in [7, 11) is 0. The number of thiol groups is 1. The van der Waals surface area contributed by atoms with Crippen molar-refractivity contribution in [2.75, 3.05) is 5.75 Å². The van der Waals surface area contributed by atoms with E-state index in [9.17, 15) is 24.3 Å². The number of nitrogens with zero attached hydrogens (tertiary/aromatic N) is 1. The van der Waals surface area contributed by atoms with Gasteiger partial charge in [-0.15, -0.1) is 0 Å². The predicted molar refractivity (Wildman–Crippen MR) is 122 cm³/mol. The van der Waals surface area contributed by atoms with Crippen LogP contribution in [0.4, 0.5) is 0 Å². The van der Waals surface area contributed by atoms with Crippen molar-refractivity contribution in [3.8, 4) is 0 Å². The third kappa shape index (κ3) is 8.15. The average molecular weight is 471 g/mol. The van der Waals surface area contributed by atoms with Crippen molar-refractivity contribution in [2.24, 2.45) is 17.6 Å². The molecule has 180 valence electrons. The van der Waals surface area contributed by atoms with Gasteiger partial charge < -0.3 is 31.8 Å². The van der Waals surface area contributed by atoms with E-state index in [-0.39, 0.29) is 24.0 Å². The number of carboxylic acid groups (broad SMARTS) is 1. The van der Waals surface area contributed by atoms with Crippen LogP contribution >= 0.6 is 12.6 Å². The van der Waals surface area contributed by atoms with Crippen molar-refractivity contribution in [2.45, 2.75) is 64.7 Å². The molecule has 7 N–H and O–H groups in total. The second-order valence-electron chi connectivity index (χ2n) is 8.07. The highest BCUT2D eigenvalue weighted by Gasteiger charge is 2.33. The Balaban J connectivity index is 3.06. The lowest BCUT2D eigenvalue weighted by Gasteiger charge is -2.27. The minimum atomic E-state index is -1.16. The molecule has 1 aromatic rings. The lowest BCUT2D eigenvalue weighted by Crippen LogP contribution is -2.59. The molecule has 1 heterocycles. The number of amides is 3. The van der Waals surface area contributed by atoms with E-state index in [0.717, 1.165) is 0 Å². The summed E-state index contributed by atoms with van der Waals surface area (Å²) in [6.45, 7) is 7.02. The minimum absolute atomic E-state index is 0.0549. The van der Waals surface area contributed by atoms with E-state index in [1.807, 2.05) is 6.92 Å². The number of rotatable bonds is 13. The Hall–Kier alpha value is -2.60. The standard InChI is InChI=1S/C20H34N6O5S/c1-5-11(4)16(20(30)31)26-18(28)14(6-12-7-22-9-23-12)24-19(29)15(10(2)3)25-17(27)13(21)8-32/h7,9-11,13-16,32H,5-6,8,21H2,1-4H3,(H,22,23)(H,24,29)(H,25,27)(H,26,28)(H,30,31). The van der Waals surface area contributed by atoms with Gasteiger partial charge in [0.25, 0.3) is 0 Å². The Bertz CT molecular complexity index is 773. The Labute approximate surface area is 193 Å². The number of nitrogens with one attached hydrogen (secondary N) is 4. The van der Waals surface area contributed by atoms with Gasteiger partial charge in [-0.05, 0) is 11.8 Å². The van der Waals surface area contributed by atoms with E-state index in [2.05, 4.69) is 38.5 Å². The highest BCUT2D eigenvalue weighted by molar-refractivity contribution is 7.80. The molecule has 0 spiro atoms. The van der Waals surface area contributed by atoms with Gasteiger partial charge in [0.1, 0.15) is 18.1 Å². The number of nitrogens with two attached hydrogens (primary N) is 1. The van der Waals surface area contributed by atoms with Crippen LogP contribution in [0.15, 0.2) is 12.5 Å². The lowest BCUT2D eigenvalue weighted by atomic mass is 9.98. The van der Waals surface area contributed by atoms with Gasteiger partial charge in [0.05, 0.1) is 12.4 Å².